The van der Waals surface area contributed by atoms with Crippen LogP contribution in [-0.4, -0.2) is 54.0 Å². The highest BCUT2D eigenvalue weighted by atomic mass is 35.5. The van der Waals surface area contributed by atoms with Crippen molar-refractivity contribution >= 4 is 29.2 Å². The maximum atomic E-state index is 12.7. The number of carbonyl (C=O) groups is 1. The highest BCUT2D eigenvalue weighted by molar-refractivity contribution is 6.44. The summed E-state index contributed by atoms with van der Waals surface area (Å²) in [7, 11) is 3.97. The Balaban J connectivity index is 1.69. The maximum Gasteiger partial charge on any atom is 0.317 e. The van der Waals surface area contributed by atoms with E-state index >= 15 is 0 Å². The van der Waals surface area contributed by atoms with Crippen molar-refractivity contribution in [2.45, 2.75) is 31.8 Å². The second-order valence-corrected chi connectivity index (χ2v) is 7.99. The van der Waals surface area contributed by atoms with Crippen molar-refractivity contribution in [3.05, 3.63) is 46.1 Å². The number of likely N-dealkylation sites (tertiary alicyclic amines) is 1. The van der Waals surface area contributed by atoms with Crippen molar-refractivity contribution in [2.75, 3.05) is 27.2 Å². The van der Waals surface area contributed by atoms with Crippen LogP contribution in [0.4, 0.5) is 4.79 Å². The molecule has 2 aromatic rings. The second kappa shape index (κ2) is 8.55. The average Bonchev–Trinajstić information content (AvgIpc) is 3.18. The number of carbonyl (C=O) groups excluding carboxylic acids is 1. The summed E-state index contributed by atoms with van der Waals surface area (Å²) in [4.78, 5) is 19.9. The third-order valence-electron chi connectivity index (χ3n) is 5.36. The largest absolute Gasteiger partial charge is 0.361 e. The van der Waals surface area contributed by atoms with E-state index in [1.165, 1.54) is 0 Å². The Morgan fingerprint density at radius 1 is 1.26 bits per heavy atom. The SMILES string of the molecule is CC(NC(=O)N(C)C1CCN(C)CC1)c1ccc(-c2ccc[nH]2)c(Cl)c1Cl. The van der Waals surface area contributed by atoms with Gasteiger partial charge in [-0.3, -0.25) is 0 Å². The number of hydrogen-bond acceptors (Lipinski definition) is 2. The lowest BCUT2D eigenvalue weighted by Gasteiger charge is -2.35. The van der Waals surface area contributed by atoms with Gasteiger partial charge in [0.05, 0.1) is 16.1 Å². The van der Waals surface area contributed by atoms with E-state index in [0.29, 0.717) is 10.0 Å². The van der Waals surface area contributed by atoms with Crippen LogP contribution in [0.1, 0.15) is 31.4 Å². The Labute approximate surface area is 170 Å². The summed E-state index contributed by atoms with van der Waals surface area (Å²) in [5, 5.41) is 4.01. The molecule has 0 radical (unpaired) electrons. The first-order valence-corrected chi connectivity index (χ1v) is 9.97. The fourth-order valence-electron chi connectivity index (χ4n) is 3.52. The number of benzene rings is 1. The molecular weight excluding hydrogens is 383 g/mol. The van der Waals surface area contributed by atoms with Gasteiger partial charge in [0.1, 0.15) is 0 Å². The van der Waals surface area contributed by atoms with E-state index in [-0.39, 0.29) is 18.1 Å². The molecule has 1 unspecified atom stereocenters. The summed E-state index contributed by atoms with van der Waals surface area (Å²) in [5.41, 5.74) is 2.56. The van der Waals surface area contributed by atoms with Gasteiger partial charge in [-0.1, -0.05) is 35.3 Å². The number of aromatic amines is 1. The number of hydrogen-bond donors (Lipinski definition) is 2. The van der Waals surface area contributed by atoms with Gasteiger partial charge in [0, 0.05) is 30.5 Å². The van der Waals surface area contributed by atoms with Gasteiger partial charge in [0.15, 0.2) is 0 Å². The van der Waals surface area contributed by atoms with Crippen molar-refractivity contribution in [1.29, 1.82) is 0 Å². The van der Waals surface area contributed by atoms with E-state index in [4.69, 9.17) is 23.2 Å². The van der Waals surface area contributed by atoms with Crippen LogP contribution in [0.3, 0.4) is 0 Å². The van der Waals surface area contributed by atoms with E-state index in [2.05, 4.69) is 22.2 Å². The Morgan fingerprint density at radius 2 is 1.96 bits per heavy atom. The molecule has 1 aliphatic heterocycles. The molecule has 3 rings (SSSR count). The zero-order valence-electron chi connectivity index (χ0n) is 15.9. The lowest BCUT2D eigenvalue weighted by atomic mass is 10.0. The van der Waals surface area contributed by atoms with Gasteiger partial charge in [-0.15, -0.1) is 0 Å². The zero-order chi connectivity index (χ0) is 19.6. The molecule has 27 heavy (non-hydrogen) atoms. The number of nitrogens with zero attached hydrogens (tertiary/aromatic N) is 2. The molecule has 146 valence electrons. The molecule has 2 amide bonds. The van der Waals surface area contributed by atoms with Crippen LogP contribution in [0.5, 0.6) is 0 Å². The van der Waals surface area contributed by atoms with E-state index in [0.717, 1.165) is 42.8 Å². The minimum atomic E-state index is -0.242. The van der Waals surface area contributed by atoms with Crippen molar-refractivity contribution in [3.63, 3.8) is 0 Å². The zero-order valence-corrected chi connectivity index (χ0v) is 17.4. The van der Waals surface area contributed by atoms with E-state index in [9.17, 15) is 4.79 Å². The third kappa shape index (κ3) is 4.42. The van der Waals surface area contributed by atoms with Crippen LogP contribution in [0.2, 0.25) is 10.0 Å². The molecule has 5 nitrogen and oxygen atoms in total. The van der Waals surface area contributed by atoms with Crippen LogP contribution in [0, 0.1) is 0 Å². The minimum absolute atomic E-state index is 0.0855. The molecule has 2 heterocycles. The van der Waals surface area contributed by atoms with Gasteiger partial charge in [0.2, 0.25) is 0 Å². The Kier molecular flexibility index (Phi) is 6.35. The molecule has 1 atom stereocenters. The van der Waals surface area contributed by atoms with Gasteiger partial charge < -0.3 is 20.1 Å². The molecule has 0 spiro atoms. The number of urea groups is 1. The Bertz CT molecular complexity index is 786. The van der Waals surface area contributed by atoms with Gasteiger partial charge in [-0.2, -0.15) is 0 Å². The molecule has 0 saturated carbocycles. The van der Waals surface area contributed by atoms with Crippen molar-refractivity contribution in [2.24, 2.45) is 0 Å². The number of H-pyrrole nitrogens is 1. The molecule has 1 saturated heterocycles. The average molecular weight is 409 g/mol. The summed E-state index contributed by atoms with van der Waals surface area (Å²) >= 11 is 13.0. The predicted molar refractivity (Wildman–Crippen MR) is 111 cm³/mol. The number of piperidine rings is 1. The summed E-state index contributed by atoms with van der Waals surface area (Å²) < 4.78 is 0. The topological polar surface area (TPSA) is 51.4 Å². The lowest BCUT2D eigenvalue weighted by molar-refractivity contribution is 0.146. The molecule has 0 bridgehead atoms. The molecule has 1 fully saturated rings. The number of halogens is 2. The van der Waals surface area contributed by atoms with Crippen LogP contribution in [0.25, 0.3) is 11.3 Å². The number of nitrogens with one attached hydrogen (secondary N) is 2. The van der Waals surface area contributed by atoms with Crippen LogP contribution >= 0.6 is 23.2 Å². The highest BCUT2D eigenvalue weighted by Crippen LogP contribution is 2.37. The van der Waals surface area contributed by atoms with Crippen LogP contribution in [-0.2, 0) is 0 Å². The maximum absolute atomic E-state index is 12.7. The smallest absolute Gasteiger partial charge is 0.317 e. The Morgan fingerprint density at radius 3 is 2.59 bits per heavy atom. The standard InChI is InChI=1S/C20H26Cl2N4O/c1-13(24-20(27)26(3)14-8-11-25(2)12-9-14)15-6-7-16(19(22)18(15)21)17-5-4-10-23-17/h4-7,10,13-14,23H,8-9,11-12H2,1-3H3,(H,24,27). The molecule has 1 aromatic carbocycles. The molecular formula is C20H26Cl2N4O. The molecule has 0 aliphatic carbocycles. The normalized spacial score (nSPS) is 16.9. The molecule has 1 aliphatic rings. The lowest BCUT2D eigenvalue weighted by Crippen LogP contribution is -2.48. The fraction of sp³-hybridized carbons (Fsp3) is 0.450. The van der Waals surface area contributed by atoms with Gasteiger partial charge in [-0.05, 0) is 57.6 Å². The minimum Gasteiger partial charge on any atom is -0.361 e. The molecule has 1 aromatic heterocycles. The molecule has 7 heteroatoms. The van der Waals surface area contributed by atoms with Gasteiger partial charge >= 0.3 is 6.03 Å². The van der Waals surface area contributed by atoms with Gasteiger partial charge in [-0.25, -0.2) is 4.79 Å². The predicted octanol–water partition coefficient (Wildman–Crippen LogP) is 4.79. The summed E-state index contributed by atoms with van der Waals surface area (Å²) in [6.45, 7) is 3.95. The van der Waals surface area contributed by atoms with E-state index in [1.54, 1.807) is 0 Å². The first-order valence-electron chi connectivity index (χ1n) is 9.22. The van der Waals surface area contributed by atoms with Crippen molar-refractivity contribution < 1.29 is 4.79 Å². The van der Waals surface area contributed by atoms with E-state index < -0.39 is 0 Å². The first-order chi connectivity index (χ1) is 12.9. The number of aromatic nitrogens is 1. The highest BCUT2D eigenvalue weighted by Gasteiger charge is 2.25. The summed E-state index contributed by atoms with van der Waals surface area (Å²) in [5.74, 6) is 0. The molecule has 2 N–H and O–H groups in total. The number of amides is 2. The van der Waals surface area contributed by atoms with Crippen LogP contribution < -0.4 is 5.32 Å². The summed E-state index contributed by atoms with van der Waals surface area (Å²) in [6, 6.07) is 7.65. The van der Waals surface area contributed by atoms with Gasteiger partial charge in [0.25, 0.3) is 0 Å². The van der Waals surface area contributed by atoms with E-state index in [1.807, 2.05) is 49.3 Å². The Hall–Kier alpha value is -1.69. The van der Waals surface area contributed by atoms with Crippen LogP contribution in [0.15, 0.2) is 30.5 Å². The number of rotatable bonds is 4. The summed E-state index contributed by atoms with van der Waals surface area (Å²) in [6.07, 6.45) is 3.83. The monoisotopic (exact) mass is 408 g/mol. The first kappa shape index (κ1) is 20.1. The fourth-order valence-corrected chi connectivity index (χ4v) is 4.12. The van der Waals surface area contributed by atoms with Crippen molar-refractivity contribution in [1.82, 2.24) is 20.1 Å². The van der Waals surface area contributed by atoms with Crippen molar-refractivity contribution in [3.8, 4) is 11.3 Å². The third-order valence-corrected chi connectivity index (χ3v) is 6.26. The second-order valence-electron chi connectivity index (χ2n) is 7.23. The quantitative estimate of drug-likeness (QED) is 0.763.